The lowest BCUT2D eigenvalue weighted by Crippen LogP contribution is -2.21. The Morgan fingerprint density at radius 2 is 1.27 bits per heavy atom. The van der Waals surface area contributed by atoms with Crippen molar-refractivity contribution in [3.63, 3.8) is 0 Å². The molecule has 0 fully saturated rings. The summed E-state index contributed by atoms with van der Waals surface area (Å²) in [6.45, 7) is 9.67. The normalized spacial score (nSPS) is 10.9. The number of nitrogens with zero attached hydrogens (tertiary/aromatic N) is 10. The summed E-state index contributed by atoms with van der Waals surface area (Å²) in [6.07, 6.45) is 8.38. The fourth-order valence-electron chi connectivity index (χ4n) is 6.99. The Kier molecular flexibility index (Phi) is 17.8. The second-order valence-electron chi connectivity index (χ2n) is 17.7. The third-order valence-corrected chi connectivity index (χ3v) is 11.9. The van der Waals surface area contributed by atoms with Crippen molar-refractivity contribution in [3.8, 4) is 11.4 Å². The molecule has 0 aliphatic rings. The van der Waals surface area contributed by atoms with Gasteiger partial charge < -0.3 is 50.6 Å². The number of amides is 2. The van der Waals surface area contributed by atoms with Crippen LogP contribution in [0.15, 0.2) is 108 Å². The van der Waals surface area contributed by atoms with Crippen LogP contribution < -0.4 is 16.8 Å². The highest BCUT2D eigenvalue weighted by Gasteiger charge is 2.16. The molecule has 0 unspecified atom stereocenters. The van der Waals surface area contributed by atoms with E-state index in [0.717, 1.165) is 67.0 Å². The van der Waals surface area contributed by atoms with Gasteiger partial charge in [-0.25, -0.2) is 24.9 Å². The highest BCUT2D eigenvalue weighted by molar-refractivity contribution is 7.85. The number of hydrogen-bond acceptors (Lipinski definition) is 12. The van der Waals surface area contributed by atoms with E-state index in [-0.39, 0.29) is 28.5 Å². The SMILES string of the molecule is Cc1c(C(=O)/C=C/N(C)C)ncn1C.Cc1cc(N=C(N)N)cc2cc(C(=O)N(C)C)[nH]c12.Cc1cc(Nc2nccc(-c3ncn(C)c3C)n2)cc2cc(C(=O)N(C)C)[nH]c12.Cc1ccc(S(=O)(=O)O)cc1. The molecule has 8 N–H and O–H groups in total. The van der Waals surface area contributed by atoms with Crippen molar-refractivity contribution < 1.29 is 27.4 Å². The van der Waals surface area contributed by atoms with Gasteiger partial charge in [-0.15, -0.1) is 0 Å². The number of hydrogen-bond donors (Lipinski definition) is 6. The van der Waals surface area contributed by atoms with Crippen LogP contribution in [-0.4, -0.2) is 133 Å². The predicted molar refractivity (Wildman–Crippen MR) is 286 cm³/mol. The largest absolute Gasteiger partial charge is 0.383 e. The third-order valence-electron chi connectivity index (χ3n) is 11.1. The van der Waals surface area contributed by atoms with Gasteiger partial charge in [-0.2, -0.15) is 8.42 Å². The molecule has 21 nitrogen and oxygen atoms in total. The molecule has 0 spiro atoms. The number of imidazole rings is 2. The molecule has 73 heavy (non-hydrogen) atoms. The highest BCUT2D eigenvalue weighted by atomic mass is 32.2. The lowest BCUT2D eigenvalue weighted by Gasteiger charge is -2.08. The molecular weight excluding hydrogens is 951 g/mol. The van der Waals surface area contributed by atoms with Gasteiger partial charge in [0, 0.05) is 114 Å². The molecule has 0 atom stereocenters. The second-order valence-corrected chi connectivity index (χ2v) is 19.1. The van der Waals surface area contributed by atoms with Crippen LogP contribution in [0.2, 0.25) is 0 Å². The maximum absolute atomic E-state index is 12.3. The van der Waals surface area contributed by atoms with Gasteiger partial charge in [0.2, 0.25) is 11.7 Å². The molecule has 0 saturated carbocycles. The molecule has 0 radical (unpaired) electrons. The lowest BCUT2D eigenvalue weighted by atomic mass is 10.1. The Bertz CT molecular complexity index is 3450. The fraction of sp³-hybridized carbons (Fsp3) is 0.255. The summed E-state index contributed by atoms with van der Waals surface area (Å²) >= 11 is 0. The Hall–Kier alpha value is -8.63. The van der Waals surface area contributed by atoms with Crippen LogP contribution in [0.5, 0.6) is 0 Å². The first-order chi connectivity index (χ1) is 34.2. The van der Waals surface area contributed by atoms with Crippen molar-refractivity contribution in [2.75, 3.05) is 47.6 Å². The summed E-state index contributed by atoms with van der Waals surface area (Å²) in [5, 5.41) is 5.13. The summed E-state index contributed by atoms with van der Waals surface area (Å²) < 4.78 is 33.3. The van der Waals surface area contributed by atoms with E-state index in [4.69, 9.17) is 16.0 Å². The van der Waals surface area contributed by atoms with Crippen LogP contribution in [0.25, 0.3) is 33.2 Å². The van der Waals surface area contributed by atoms with Crippen molar-refractivity contribution in [2.24, 2.45) is 30.6 Å². The maximum Gasteiger partial charge on any atom is 0.294 e. The van der Waals surface area contributed by atoms with E-state index in [0.29, 0.717) is 28.7 Å². The van der Waals surface area contributed by atoms with Gasteiger partial charge in [0.1, 0.15) is 22.8 Å². The Morgan fingerprint density at radius 1 is 0.726 bits per heavy atom. The van der Waals surface area contributed by atoms with E-state index in [2.05, 4.69) is 40.2 Å². The van der Waals surface area contributed by atoms with Crippen LogP contribution in [0.3, 0.4) is 0 Å². The molecule has 0 saturated heterocycles. The summed E-state index contributed by atoms with van der Waals surface area (Å²) in [4.78, 5) is 68.4. The molecule has 22 heteroatoms. The van der Waals surface area contributed by atoms with E-state index in [1.54, 1.807) is 76.3 Å². The first-order valence-electron chi connectivity index (χ1n) is 22.5. The zero-order valence-electron chi connectivity index (χ0n) is 43.3. The number of anilines is 2. The topological polar surface area (TPSA) is 285 Å². The molecule has 8 aromatic rings. The number of fused-ring (bicyclic) bond motifs is 2. The number of aliphatic imine (C=N–C) groups is 1. The number of guanidine groups is 1. The molecular formula is C51H63N15O6S. The van der Waals surface area contributed by atoms with E-state index in [9.17, 15) is 22.8 Å². The molecule has 5 aromatic heterocycles. The minimum Gasteiger partial charge on any atom is -0.383 e. The summed E-state index contributed by atoms with van der Waals surface area (Å²) in [7, 11) is 10.4. The minimum atomic E-state index is -4.02. The third kappa shape index (κ3) is 14.5. The summed E-state index contributed by atoms with van der Waals surface area (Å²) in [6, 6.07) is 19.2. The number of H-pyrrole nitrogens is 2. The maximum atomic E-state index is 12.3. The zero-order chi connectivity index (χ0) is 54.1. The number of rotatable bonds is 10. The van der Waals surface area contributed by atoms with Crippen LogP contribution in [0, 0.1) is 34.6 Å². The van der Waals surface area contributed by atoms with Crippen LogP contribution in [-0.2, 0) is 24.2 Å². The van der Waals surface area contributed by atoms with Crippen molar-refractivity contribution in [1.29, 1.82) is 0 Å². The summed E-state index contributed by atoms with van der Waals surface area (Å²) in [5.74, 6) is 0.318. The monoisotopic (exact) mass is 1010 g/mol. The fourth-order valence-corrected chi connectivity index (χ4v) is 7.47. The lowest BCUT2D eigenvalue weighted by molar-refractivity contribution is 0.0816. The minimum absolute atomic E-state index is 0.0128. The van der Waals surface area contributed by atoms with Crippen LogP contribution >= 0.6 is 0 Å². The predicted octanol–water partition coefficient (Wildman–Crippen LogP) is 6.73. The van der Waals surface area contributed by atoms with E-state index in [1.807, 2.05) is 113 Å². The van der Waals surface area contributed by atoms with Gasteiger partial charge in [-0.3, -0.25) is 18.9 Å². The van der Waals surface area contributed by atoms with Gasteiger partial charge >= 0.3 is 0 Å². The van der Waals surface area contributed by atoms with Gasteiger partial charge in [-0.05, 0) is 100 Å². The second kappa shape index (κ2) is 23.5. The number of ketones is 1. The Morgan fingerprint density at radius 3 is 1.77 bits per heavy atom. The molecule has 5 heterocycles. The Balaban J connectivity index is 0.000000194. The standard InChI is InChI=1S/C21H23N7O.C13H17N5O.C10H15N3O.C7H8O3S/c1-12-8-15(9-14-10-17(25-18(12)14)20(29)27(3)4)24-21-22-7-6-16(26-21)19-13(2)28(5)11-23-19;1-7-4-9(16-13(14)15)5-8-6-10(17-11(7)8)12(19)18(2)3;1-8-10(11-7-13(8)4)9(14)5-6-12(2)3;1-6-2-4-7(5-3-6)11(8,9)10/h6-11,25H,1-5H3,(H,22,24,26);4-6,17H,1-3H3,(H4,14,15,16);5-7H,1-4H3;2-5H,1H3,(H,8,9,10)/b;;6-5+;. The summed E-state index contributed by atoms with van der Waals surface area (Å²) in [5.41, 5.74) is 22.2. The van der Waals surface area contributed by atoms with E-state index < -0.39 is 10.1 Å². The number of nitrogens with one attached hydrogen (secondary N) is 3. The highest BCUT2D eigenvalue weighted by Crippen LogP contribution is 2.28. The van der Waals surface area contributed by atoms with E-state index >= 15 is 0 Å². The number of nitrogens with two attached hydrogens (primary N) is 2. The van der Waals surface area contributed by atoms with E-state index in [1.165, 1.54) is 23.1 Å². The quantitative estimate of drug-likeness (QED) is 0.0272. The van der Waals surface area contributed by atoms with Gasteiger partial charge in [0.05, 0.1) is 28.9 Å². The van der Waals surface area contributed by atoms with Crippen molar-refractivity contribution >= 4 is 72.8 Å². The first-order valence-corrected chi connectivity index (χ1v) is 24.0. The first kappa shape index (κ1) is 55.3. The van der Waals surface area contributed by atoms with Crippen LogP contribution in [0.1, 0.15) is 59.5 Å². The average Bonchev–Trinajstić information content (AvgIpc) is 4.11. The van der Waals surface area contributed by atoms with Gasteiger partial charge in [0.25, 0.3) is 21.9 Å². The molecule has 3 aromatic carbocycles. The number of aromatic amines is 2. The Labute approximate surface area is 424 Å². The zero-order valence-corrected chi connectivity index (χ0v) is 44.1. The molecule has 2 amide bonds. The molecule has 0 aliphatic carbocycles. The smallest absolute Gasteiger partial charge is 0.294 e. The number of aryl methyl sites for hydroxylation is 5. The molecule has 384 valence electrons. The number of carbonyl (C=O) groups excluding carboxylic acids is 3. The average molecular weight is 1010 g/mol. The van der Waals surface area contributed by atoms with Crippen LogP contribution in [0.4, 0.5) is 17.3 Å². The molecule has 8 rings (SSSR count). The molecule has 0 aliphatic heterocycles. The van der Waals surface area contributed by atoms with Gasteiger partial charge in [-0.1, -0.05) is 17.7 Å². The number of allylic oxidation sites excluding steroid dienone is 1. The number of aromatic nitrogens is 8. The molecule has 0 bridgehead atoms. The number of benzene rings is 3. The van der Waals surface area contributed by atoms with Crippen molar-refractivity contribution in [2.45, 2.75) is 39.5 Å². The number of carbonyl (C=O) groups is 3. The van der Waals surface area contributed by atoms with Crippen molar-refractivity contribution in [1.82, 2.24) is 53.7 Å². The van der Waals surface area contributed by atoms with Crippen molar-refractivity contribution in [3.05, 3.63) is 143 Å². The van der Waals surface area contributed by atoms with Gasteiger partial charge in [0.15, 0.2) is 5.96 Å².